The summed E-state index contributed by atoms with van der Waals surface area (Å²) in [5.41, 5.74) is 1.65. The Balaban J connectivity index is 1.83. The molecule has 0 saturated heterocycles. The Morgan fingerprint density at radius 2 is 1.90 bits per heavy atom. The van der Waals surface area contributed by atoms with Crippen LogP contribution in [0.2, 0.25) is 0 Å². The van der Waals surface area contributed by atoms with Gasteiger partial charge in [-0.15, -0.1) is 0 Å². The molecule has 1 amide bonds. The highest BCUT2D eigenvalue weighted by Gasteiger charge is 2.23. The Labute approximate surface area is 119 Å². The average Bonchev–Trinajstić information content (AvgIpc) is 2.47. The van der Waals surface area contributed by atoms with Crippen LogP contribution in [0.15, 0.2) is 24.3 Å². The Morgan fingerprint density at radius 3 is 2.60 bits per heavy atom. The van der Waals surface area contributed by atoms with E-state index in [1.807, 2.05) is 24.3 Å². The highest BCUT2D eigenvalue weighted by atomic mass is 16.3. The van der Waals surface area contributed by atoms with E-state index in [2.05, 4.69) is 5.32 Å². The van der Waals surface area contributed by atoms with Gasteiger partial charge in [-0.1, -0.05) is 37.1 Å². The molecule has 2 atom stereocenters. The van der Waals surface area contributed by atoms with Gasteiger partial charge < -0.3 is 15.5 Å². The fourth-order valence-electron chi connectivity index (χ4n) is 2.79. The molecular weight excluding hydrogens is 254 g/mol. The zero-order valence-electron chi connectivity index (χ0n) is 11.7. The van der Waals surface area contributed by atoms with Gasteiger partial charge in [0.15, 0.2) is 0 Å². The molecule has 1 aromatic carbocycles. The molecule has 0 aliphatic heterocycles. The number of aliphatic hydroxyl groups excluding tert-OH is 2. The second kappa shape index (κ2) is 7.41. The number of amides is 1. The van der Waals surface area contributed by atoms with Crippen LogP contribution in [-0.2, 0) is 17.8 Å². The molecule has 0 spiro atoms. The van der Waals surface area contributed by atoms with Crippen LogP contribution >= 0.6 is 0 Å². The predicted octanol–water partition coefficient (Wildman–Crippen LogP) is 1.39. The van der Waals surface area contributed by atoms with Gasteiger partial charge in [-0.25, -0.2) is 0 Å². The summed E-state index contributed by atoms with van der Waals surface area (Å²) in [6.07, 6.45) is 4.02. The van der Waals surface area contributed by atoms with E-state index < -0.39 is 0 Å². The molecule has 1 aliphatic rings. The van der Waals surface area contributed by atoms with Crippen molar-refractivity contribution >= 4 is 5.91 Å². The number of aliphatic hydroxyl groups is 2. The van der Waals surface area contributed by atoms with E-state index in [0.29, 0.717) is 6.54 Å². The lowest BCUT2D eigenvalue weighted by molar-refractivity contribution is -0.120. The van der Waals surface area contributed by atoms with E-state index in [0.717, 1.165) is 36.8 Å². The molecule has 110 valence electrons. The minimum absolute atomic E-state index is 0.0508. The van der Waals surface area contributed by atoms with Crippen LogP contribution in [0.5, 0.6) is 0 Å². The van der Waals surface area contributed by atoms with Crippen LogP contribution in [0.3, 0.4) is 0 Å². The lowest BCUT2D eigenvalue weighted by Gasteiger charge is -2.27. The molecule has 1 aliphatic carbocycles. The van der Waals surface area contributed by atoms with Crippen molar-refractivity contribution in [1.29, 1.82) is 0 Å². The summed E-state index contributed by atoms with van der Waals surface area (Å²) < 4.78 is 0. The number of benzene rings is 1. The van der Waals surface area contributed by atoms with E-state index in [9.17, 15) is 15.0 Å². The van der Waals surface area contributed by atoms with Crippen molar-refractivity contribution in [2.45, 2.75) is 44.8 Å². The summed E-state index contributed by atoms with van der Waals surface area (Å²) in [6, 6.07) is 7.41. The third-order valence-corrected chi connectivity index (χ3v) is 4.07. The van der Waals surface area contributed by atoms with Crippen LogP contribution in [0, 0.1) is 5.92 Å². The van der Waals surface area contributed by atoms with Crippen molar-refractivity contribution in [3.8, 4) is 0 Å². The first kappa shape index (κ1) is 15.0. The minimum Gasteiger partial charge on any atom is -0.393 e. The molecule has 20 heavy (non-hydrogen) atoms. The molecule has 0 unspecified atom stereocenters. The first-order valence-corrected chi connectivity index (χ1v) is 7.33. The van der Waals surface area contributed by atoms with E-state index in [-0.39, 0.29) is 31.0 Å². The number of hydrogen-bond acceptors (Lipinski definition) is 3. The maximum absolute atomic E-state index is 12.0. The van der Waals surface area contributed by atoms with Gasteiger partial charge in [0, 0.05) is 12.5 Å². The second-order valence-electron chi connectivity index (χ2n) is 5.52. The molecule has 4 nitrogen and oxygen atoms in total. The largest absolute Gasteiger partial charge is 0.393 e. The topological polar surface area (TPSA) is 69.6 Å². The summed E-state index contributed by atoms with van der Waals surface area (Å²) in [4.78, 5) is 12.0. The third-order valence-electron chi connectivity index (χ3n) is 4.07. The van der Waals surface area contributed by atoms with Gasteiger partial charge in [-0.05, 0) is 24.0 Å². The average molecular weight is 277 g/mol. The van der Waals surface area contributed by atoms with Crippen molar-refractivity contribution in [2.75, 3.05) is 6.54 Å². The monoisotopic (exact) mass is 277 g/mol. The minimum atomic E-state index is -0.284. The Hall–Kier alpha value is -1.39. The number of carbonyl (C=O) groups excluding carboxylic acids is 1. The van der Waals surface area contributed by atoms with Gasteiger partial charge in [0.25, 0.3) is 0 Å². The molecule has 1 fully saturated rings. The second-order valence-corrected chi connectivity index (χ2v) is 5.52. The van der Waals surface area contributed by atoms with Crippen LogP contribution in [0.25, 0.3) is 0 Å². The Morgan fingerprint density at radius 1 is 1.20 bits per heavy atom. The van der Waals surface area contributed by atoms with Crippen molar-refractivity contribution in [1.82, 2.24) is 5.32 Å². The number of hydrogen-bond donors (Lipinski definition) is 3. The van der Waals surface area contributed by atoms with Crippen LogP contribution < -0.4 is 5.32 Å². The number of nitrogens with one attached hydrogen (secondary N) is 1. The van der Waals surface area contributed by atoms with Crippen LogP contribution in [0.1, 0.15) is 36.8 Å². The molecule has 0 radical (unpaired) electrons. The molecule has 0 bridgehead atoms. The summed E-state index contributed by atoms with van der Waals surface area (Å²) >= 11 is 0. The molecule has 3 N–H and O–H groups in total. The summed E-state index contributed by atoms with van der Waals surface area (Å²) in [6.45, 7) is 0.492. The van der Waals surface area contributed by atoms with Gasteiger partial charge >= 0.3 is 0 Å². The Bertz CT molecular complexity index is 447. The van der Waals surface area contributed by atoms with E-state index >= 15 is 0 Å². The highest BCUT2D eigenvalue weighted by Crippen LogP contribution is 2.23. The fourth-order valence-corrected chi connectivity index (χ4v) is 2.79. The first-order valence-electron chi connectivity index (χ1n) is 7.33. The van der Waals surface area contributed by atoms with E-state index in [1.54, 1.807) is 0 Å². The lowest BCUT2D eigenvalue weighted by atomic mass is 9.86. The maximum Gasteiger partial charge on any atom is 0.224 e. The van der Waals surface area contributed by atoms with Gasteiger partial charge in [-0.3, -0.25) is 4.79 Å². The smallest absolute Gasteiger partial charge is 0.224 e. The van der Waals surface area contributed by atoms with Crippen molar-refractivity contribution < 1.29 is 15.0 Å². The summed E-state index contributed by atoms with van der Waals surface area (Å²) in [5.74, 6) is 0.129. The third kappa shape index (κ3) is 4.05. The molecule has 1 aromatic rings. The molecular formula is C16H23NO3. The zero-order chi connectivity index (χ0) is 14.4. The Kier molecular flexibility index (Phi) is 5.56. The quantitative estimate of drug-likeness (QED) is 0.761. The fraction of sp³-hybridized carbons (Fsp3) is 0.562. The summed E-state index contributed by atoms with van der Waals surface area (Å²) in [7, 11) is 0. The van der Waals surface area contributed by atoms with Gasteiger partial charge in [-0.2, -0.15) is 0 Å². The maximum atomic E-state index is 12.0. The number of rotatable bonds is 5. The van der Waals surface area contributed by atoms with Gasteiger partial charge in [0.1, 0.15) is 0 Å². The molecule has 0 heterocycles. The summed E-state index contributed by atoms with van der Waals surface area (Å²) in [5, 5.41) is 22.0. The highest BCUT2D eigenvalue weighted by molar-refractivity contribution is 5.78. The molecule has 4 heteroatoms. The van der Waals surface area contributed by atoms with Gasteiger partial charge in [0.05, 0.1) is 19.1 Å². The first-order chi connectivity index (χ1) is 9.70. The molecule has 0 aromatic heterocycles. The standard InChI is InChI=1S/C16H23NO3/c18-11-14-7-2-1-5-12(14)9-16(20)17-10-13-6-3-4-8-15(13)19/h1-2,5,7,13,15,18-19H,3-4,6,8-11H2,(H,17,20)/t13-,15+/m1/s1. The van der Waals surface area contributed by atoms with Crippen molar-refractivity contribution in [3.63, 3.8) is 0 Å². The van der Waals surface area contributed by atoms with E-state index in [1.165, 1.54) is 0 Å². The molecule has 2 rings (SSSR count). The zero-order valence-corrected chi connectivity index (χ0v) is 11.7. The number of carbonyl (C=O) groups is 1. The van der Waals surface area contributed by atoms with Crippen molar-refractivity contribution in [3.05, 3.63) is 35.4 Å². The lowest BCUT2D eigenvalue weighted by Crippen LogP contribution is -2.37. The normalized spacial score (nSPS) is 22.5. The SMILES string of the molecule is O=C(Cc1ccccc1CO)NC[C@H]1CCCC[C@@H]1O. The predicted molar refractivity (Wildman–Crippen MR) is 77.0 cm³/mol. The van der Waals surface area contributed by atoms with E-state index in [4.69, 9.17) is 0 Å². The molecule has 1 saturated carbocycles. The van der Waals surface area contributed by atoms with Crippen LogP contribution in [-0.4, -0.2) is 28.8 Å². The van der Waals surface area contributed by atoms with Crippen LogP contribution in [0.4, 0.5) is 0 Å². The van der Waals surface area contributed by atoms with Gasteiger partial charge in [0.2, 0.25) is 5.91 Å². The van der Waals surface area contributed by atoms with Crippen molar-refractivity contribution in [2.24, 2.45) is 5.92 Å².